The molecule has 1 aromatic heterocycles. The fraction of sp³-hybridized carbons (Fsp3) is 0.214. The first kappa shape index (κ1) is 17.6. The van der Waals surface area contributed by atoms with E-state index in [0.29, 0.717) is 23.1 Å². The maximum atomic E-state index is 12.9. The molecular formula is C14H15BF3N6. The predicted molar refractivity (Wildman–Crippen MR) is 89.4 cm³/mol. The van der Waals surface area contributed by atoms with Gasteiger partial charge in [-0.05, 0) is 12.1 Å². The van der Waals surface area contributed by atoms with Crippen molar-refractivity contribution in [3.05, 3.63) is 35.5 Å². The number of aromatic nitrogens is 2. The van der Waals surface area contributed by atoms with Gasteiger partial charge in [0.15, 0.2) is 0 Å². The lowest BCUT2D eigenvalue weighted by Crippen LogP contribution is -2.13. The number of nitrogens with one attached hydrogen (secondary N) is 4. The molecule has 0 aliphatic rings. The molecule has 1 aromatic carbocycles. The van der Waals surface area contributed by atoms with Gasteiger partial charge in [-0.25, -0.2) is 4.98 Å². The molecule has 0 aliphatic carbocycles. The van der Waals surface area contributed by atoms with Crippen LogP contribution in [0.5, 0.6) is 0 Å². The maximum absolute atomic E-state index is 12.9. The van der Waals surface area contributed by atoms with Crippen molar-refractivity contribution < 1.29 is 13.2 Å². The van der Waals surface area contributed by atoms with Crippen LogP contribution in [0.4, 0.5) is 36.3 Å². The number of anilines is 4. The van der Waals surface area contributed by atoms with Gasteiger partial charge < -0.3 is 21.3 Å². The highest BCUT2D eigenvalue weighted by atomic mass is 19.4. The summed E-state index contributed by atoms with van der Waals surface area (Å²) in [5, 5.41) is 15.8. The summed E-state index contributed by atoms with van der Waals surface area (Å²) < 4.78 is 38.6. The Morgan fingerprint density at radius 3 is 2.54 bits per heavy atom. The Labute approximate surface area is 137 Å². The number of benzene rings is 1. The molecule has 6 nitrogen and oxygen atoms in total. The molecule has 4 N–H and O–H groups in total. The van der Waals surface area contributed by atoms with Crippen LogP contribution in [0.2, 0.25) is 6.82 Å². The topological polar surface area (TPSA) is 85.7 Å². The van der Waals surface area contributed by atoms with Crippen LogP contribution in [0.25, 0.3) is 0 Å². The van der Waals surface area contributed by atoms with Crippen molar-refractivity contribution in [2.75, 3.05) is 22.9 Å². The van der Waals surface area contributed by atoms with E-state index in [1.165, 1.54) is 7.05 Å². The first-order valence-electron chi connectivity index (χ1n) is 6.97. The van der Waals surface area contributed by atoms with Crippen LogP contribution in [0.1, 0.15) is 11.1 Å². The van der Waals surface area contributed by atoms with Crippen molar-refractivity contribution >= 4 is 36.8 Å². The molecule has 0 bridgehead atoms. The summed E-state index contributed by atoms with van der Waals surface area (Å²) in [6, 6.07) is 5.20. The third-order valence-electron chi connectivity index (χ3n) is 3.13. The molecule has 125 valence electrons. The van der Waals surface area contributed by atoms with Crippen LogP contribution in [-0.4, -0.2) is 30.6 Å². The molecule has 10 heteroatoms. The van der Waals surface area contributed by atoms with Gasteiger partial charge in [0, 0.05) is 30.7 Å². The standard InChI is InChI=1S/C14H15BF3N6/c1-15-24-11-5-3-4-10(8(11)6-19)22-13-21-7-9(14(16,17)18)12(20-2)23-13/h3-7,19,24H,1-2H3,(H2,20,21,22,23). The van der Waals surface area contributed by atoms with E-state index in [9.17, 15) is 13.2 Å². The minimum atomic E-state index is -4.54. The largest absolute Gasteiger partial charge is 0.432 e. The van der Waals surface area contributed by atoms with E-state index < -0.39 is 11.7 Å². The zero-order chi connectivity index (χ0) is 17.7. The summed E-state index contributed by atoms with van der Waals surface area (Å²) in [7, 11) is 3.06. The highest BCUT2D eigenvalue weighted by molar-refractivity contribution is 6.39. The van der Waals surface area contributed by atoms with Gasteiger partial charge in [0.1, 0.15) is 11.4 Å². The van der Waals surface area contributed by atoms with Gasteiger partial charge in [-0.15, -0.1) is 0 Å². The maximum Gasteiger partial charge on any atom is 0.421 e. The summed E-state index contributed by atoms with van der Waals surface area (Å²) in [6.07, 6.45) is -2.69. The Morgan fingerprint density at radius 2 is 1.96 bits per heavy atom. The monoisotopic (exact) mass is 335 g/mol. The van der Waals surface area contributed by atoms with Crippen molar-refractivity contribution in [1.82, 2.24) is 9.97 Å². The molecule has 2 rings (SSSR count). The molecule has 2 aromatic rings. The minimum Gasteiger partial charge on any atom is -0.432 e. The van der Waals surface area contributed by atoms with Crippen molar-refractivity contribution in [3.8, 4) is 0 Å². The molecule has 1 heterocycles. The van der Waals surface area contributed by atoms with E-state index >= 15 is 0 Å². The molecule has 0 spiro atoms. The van der Waals surface area contributed by atoms with E-state index in [1.807, 2.05) is 0 Å². The van der Waals surface area contributed by atoms with Crippen LogP contribution in [-0.2, 0) is 6.18 Å². The first-order valence-corrected chi connectivity index (χ1v) is 6.97. The van der Waals surface area contributed by atoms with E-state index in [1.54, 1.807) is 32.4 Å². The van der Waals surface area contributed by atoms with Gasteiger partial charge in [-0.3, -0.25) is 0 Å². The van der Waals surface area contributed by atoms with Crippen LogP contribution in [0, 0.1) is 5.41 Å². The molecule has 24 heavy (non-hydrogen) atoms. The Kier molecular flexibility index (Phi) is 5.27. The third kappa shape index (κ3) is 3.76. The fourth-order valence-electron chi connectivity index (χ4n) is 2.07. The fourth-order valence-corrected chi connectivity index (χ4v) is 2.07. The number of nitrogens with zero attached hydrogens (tertiary/aromatic N) is 2. The molecule has 0 aliphatic heterocycles. The number of rotatable bonds is 6. The lowest BCUT2D eigenvalue weighted by Gasteiger charge is -2.15. The van der Waals surface area contributed by atoms with Crippen LogP contribution < -0.4 is 15.9 Å². The van der Waals surface area contributed by atoms with Crippen molar-refractivity contribution in [1.29, 1.82) is 5.41 Å². The van der Waals surface area contributed by atoms with Gasteiger partial charge in [0.05, 0.1) is 5.69 Å². The number of alkyl halides is 3. The Balaban J connectivity index is 2.38. The lowest BCUT2D eigenvalue weighted by molar-refractivity contribution is -0.137. The first-order chi connectivity index (χ1) is 11.4. The highest BCUT2D eigenvalue weighted by Gasteiger charge is 2.35. The van der Waals surface area contributed by atoms with Gasteiger partial charge in [0.25, 0.3) is 0 Å². The minimum absolute atomic E-state index is 0.00641. The molecule has 0 fully saturated rings. The van der Waals surface area contributed by atoms with Gasteiger partial charge >= 0.3 is 6.18 Å². The third-order valence-corrected chi connectivity index (χ3v) is 3.13. The molecule has 0 unspecified atom stereocenters. The van der Waals surface area contributed by atoms with Gasteiger partial charge in [-0.1, -0.05) is 12.9 Å². The van der Waals surface area contributed by atoms with Crippen molar-refractivity contribution in [2.24, 2.45) is 0 Å². The molecule has 0 amide bonds. The SMILES string of the molecule is C[B]Nc1cccc(Nc2ncc(C(F)(F)F)c(NC)n2)c1C=N. The summed E-state index contributed by atoms with van der Waals surface area (Å²) in [4.78, 5) is 7.56. The molecule has 0 saturated heterocycles. The predicted octanol–water partition coefficient (Wildman–Crippen LogP) is 3.36. The molecule has 1 radical (unpaired) electrons. The number of hydrogen-bond donors (Lipinski definition) is 4. The molecular weight excluding hydrogens is 320 g/mol. The second-order valence-corrected chi connectivity index (χ2v) is 4.67. The summed E-state index contributed by atoms with van der Waals surface area (Å²) in [5.74, 6) is -0.333. The zero-order valence-corrected chi connectivity index (χ0v) is 13.0. The lowest BCUT2D eigenvalue weighted by atomic mass is 9.98. The van der Waals surface area contributed by atoms with E-state index in [-0.39, 0.29) is 11.8 Å². The Bertz CT molecular complexity index is 735. The van der Waals surface area contributed by atoms with Gasteiger partial charge in [0.2, 0.25) is 13.4 Å². The zero-order valence-electron chi connectivity index (χ0n) is 13.0. The molecule has 0 saturated carbocycles. The summed E-state index contributed by atoms with van der Waals surface area (Å²) >= 11 is 0. The Hall–Kier alpha value is -2.78. The smallest absolute Gasteiger partial charge is 0.421 e. The van der Waals surface area contributed by atoms with Crippen molar-refractivity contribution in [3.63, 3.8) is 0 Å². The quantitative estimate of drug-likeness (QED) is 0.480. The highest BCUT2D eigenvalue weighted by Crippen LogP contribution is 2.34. The van der Waals surface area contributed by atoms with Crippen molar-refractivity contribution in [2.45, 2.75) is 13.0 Å². The molecule has 0 atom stereocenters. The number of hydrogen-bond acceptors (Lipinski definition) is 6. The average molecular weight is 335 g/mol. The van der Waals surface area contributed by atoms with Crippen LogP contribution in [0.3, 0.4) is 0 Å². The number of halogens is 3. The van der Waals surface area contributed by atoms with Crippen LogP contribution in [0.15, 0.2) is 24.4 Å². The van der Waals surface area contributed by atoms with Crippen LogP contribution >= 0.6 is 0 Å². The second-order valence-electron chi connectivity index (χ2n) is 4.67. The van der Waals surface area contributed by atoms with E-state index in [2.05, 4.69) is 25.8 Å². The van der Waals surface area contributed by atoms with E-state index in [4.69, 9.17) is 5.41 Å². The van der Waals surface area contributed by atoms with E-state index in [0.717, 1.165) is 6.21 Å². The van der Waals surface area contributed by atoms with Gasteiger partial charge in [-0.2, -0.15) is 18.2 Å². The average Bonchev–Trinajstić information content (AvgIpc) is 2.54. The normalized spacial score (nSPS) is 10.9. The summed E-state index contributed by atoms with van der Waals surface area (Å²) in [5.41, 5.74) is 0.765. The Morgan fingerprint density at radius 1 is 1.25 bits per heavy atom. The second kappa shape index (κ2) is 7.20. The summed E-state index contributed by atoms with van der Waals surface area (Å²) in [6.45, 7) is 1.80.